The van der Waals surface area contributed by atoms with Crippen molar-refractivity contribution in [3.05, 3.63) is 43.2 Å². The number of rotatable bonds is 2. The van der Waals surface area contributed by atoms with Crippen LogP contribution >= 0.6 is 0 Å². The minimum atomic E-state index is 0. The topological polar surface area (TPSA) is 78.2 Å². The molecular weight excluding hydrogens is 324 g/mol. The Morgan fingerprint density at radius 3 is 1.73 bits per heavy atom. The van der Waals surface area contributed by atoms with E-state index in [9.17, 15) is 0 Å². The molecule has 0 saturated heterocycles. The molecule has 1 aromatic carbocycles. The number of fused-ring (bicyclic) bond motifs is 1. The summed E-state index contributed by atoms with van der Waals surface area (Å²) in [6.45, 7) is 15.8. The van der Waals surface area contributed by atoms with E-state index in [0.717, 1.165) is 30.3 Å². The number of hydrogen-bond acceptors (Lipinski definition) is 2. The van der Waals surface area contributed by atoms with Crippen molar-refractivity contribution in [2.45, 2.75) is 26.2 Å². The van der Waals surface area contributed by atoms with Gasteiger partial charge in [0.25, 0.3) is 0 Å². The van der Waals surface area contributed by atoms with Crippen molar-refractivity contribution in [2.75, 3.05) is 14.2 Å². The third-order valence-corrected chi connectivity index (χ3v) is 3.18. The van der Waals surface area contributed by atoms with Crippen molar-refractivity contribution < 1.29 is 40.8 Å². The first-order valence-electron chi connectivity index (χ1n) is 6.09. The van der Waals surface area contributed by atoms with Crippen molar-refractivity contribution in [3.8, 4) is 11.5 Å². The van der Waals surface area contributed by atoms with E-state index in [1.54, 1.807) is 14.2 Å². The molecule has 0 fully saturated rings. The molecule has 5 nitrogen and oxygen atoms in total. The van der Waals surface area contributed by atoms with E-state index in [2.05, 4.69) is 39.0 Å². The maximum Gasteiger partial charge on any atom is 0 e. The third kappa shape index (κ3) is 7.54. The molecule has 0 aromatic heterocycles. The predicted molar refractivity (Wildman–Crippen MR) is 72.5 cm³/mol. The number of ether oxygens (including phenoxy) is 2. The first-order chi connectivity index (χ1) is 10.2. The molecule has 0 bridgehead atoms. The van der Waals surface area contributed by atoms with Crippen LogP contribution in [0.3, 0.4) is 0 Å². The maximum atomic E-state index is 7.50. The first kappa shape index (κ1) is 25.5. The van der Waals surface area contributed by atoms with Gasteiger partial charge in [-0.05, 0) is 48.4 Å². The molecule has 0 unspecified atom stereocenters. The molecule has 0 aliphatic heterocycles. The van der Waals surface area contributed by atoms with Crippen LogP contribution < -0.4 is 9.47 Å². The van der Waals surface area contributed by atoms with E-state index in [4.69, 9.17) is 23.4 Å². The molecule has 1 atom stereocenters. The smallest absolute Gasteiger partial charge is 0 e. The molecule has 0 amide bonds. The number of benzene rings is 1. The molecule has 0 radical (unpaired) electrons. The zero-order chi connectivity index (χ0) is 16.8. The van der Waals surface area contributed by atoms with Gasteiger partial charge >= 0.3 is 33.9 Å². The van der Waals surface area contributed by atoms with Gasteiger partial charge in [-0.2, -0.15) is 0 Å². The van der Waals surface area contributed by atoms with Crippen LogP contribution in [0.5, 0.6) is 11.5 Å². The molecule has 0 heterocycles. The third-order valence-electron chi connectivity index (χ3n) is 3.18. The molecule has 2 rings (SSSR count). The largest absolute Gasteiger partial charge is 0 e. The SMILES string of the molecule is COc1cc2c(cc1OC)C[C@@H](C)CC2.[C-]#[O+].[C-]#[O+].[C-]#[O+].[Cr]. The number of methoxy groups -OCH3 is 2. The Kier molecular flexibility index (Phi) is 18.5. The van der Waals surface area contributed by atoms with Crippen LogP contribution in [0.2, 0.25) is 0 Å². The Bertz CT molecular complexity index is 465. The average Bonchev–Trinajstić information content (AvgIpc) is 2.59. The number of hydrogen-bond donors (Lipinski definition) is 0. The molecule has 0 spiro atoms. The van der Waals surface area contributed by atoms with Crippen molar-refractivity contribution in [1.82, 2.24) is 0 Å². The summed E-state index contributed by atoms with van der Waals surface area (Å²) >= 11 is 0. The van der Waals surface area contributed by atoms with Crippen LogP contribution in [0.1, 0.15) is 24.5 Å². The molecule has 0 N–H and O–H groups in total. The van der Waals surface area contributed by atoms with E-state index in [1.807, 2.05) is 0 Å². The Balaban J connectivity index is -0.000000463. The van der Waals surface area contributed by atoms with Crippen LogP contribution in [0.15, 0.2) is 12.1 Å². The summed E-state index contributed by atoms with van der Waals surface area (Å²) in [4.78, 5) is 0. The zero-order valence-corrected chi connectivity index (χ0v) is 14.1. The van der Waals surface area contributed by atoms with E-state index in [0.29, 0.717) is 0 Å². The molecule has 118 valence electrons. The summed E-state index contributed by atoms with van der Waals surface area (Å²) in [7, 11) is 3.38. The van der Waals surface area contributed by atoms with Gasteiger partial charge in [-0.1, -0.05) is 6.92 Å². The van der Waals surface area contributed by atoms with Crippen LogP contribution in [0.25, 0.3) is 0 Å². The fraction of sp³-hybridized carbons (Fsp3) is 0.438. The van der Waals surface area contributed by atoms with Gasteiger partial charge in [0.05, 0.1) is 14.2 Å². The van der Waals surface area contributed by atoms with Crippen molar-refractivity contribution in [3.63, 3.8) is 0 Å². The molecule has 6 heteroatoms. The maximum absolute atomic E-state index is 7.50. The average molecular weight is 342 g/mol. The fourth-order valence-corrected chi connectivity index (χ4v) is 2.27. The van der Waals surface area contributed by atoms with E-state index >= 15 is 0 Å². The Morgan fingerprint density at radius 2 is 1.32 bits per heavy atom. The molecule has 1 aliphatic rings. The first-order valence-corrected chi connectivity index (χ1v) is 6.09. The second-order valence-corrected chi connectivity index (χ2v) is 4.32. The van der Waals surface area contributed by atoms with Gasteiger partial charge in [0.2, 0.25) is 0 Å². The second-order valence-electron chi connectivity index (χ2n) is 4.32. The zero-order valence-electron chi connectivity index (χ0n) is 12.8. The van der Waals surface area contributed by atoms with E-state index < -0.39 is 0 Å². The van der Waals surface area contributed by atoms with Crippen molar-refractivity contribution in [2.24, 2.45) is 5.92 Å². The molecule has 1 aliphatic carbocycles. The van der Waals surface area contributed by atoms with E-state index in [1.165, 1.54) is 17.5 Å². The van der Waals surface area contributed by atoms with Crippen LogP contribution in [-0.4, -0.2) is 14.2 Å². The van der Waals surface area contributed by atoms with Crippen molar-refractivity contribution >= 4 is 0 Å². The van der Waals surface area contributed by atoms with Gasteiger partial charge in [0.1, 0.15) is 0 Å². The Labute approximate surface area is 142 Å². The summed E-state index contributed by atoms with van der Waals surface area (Å²) < 4.78 is 33.1. The summed E-state index contributed by atoms with van der Waals surface area (Å²) in [6.07, 6.45) is 3.61. The second kappa shape index (κ2) is 16.0. The van der Waals surface area contributed by atoms with Gasteiger partial charge < -0.3 is 9.47 Å². The molecular formula is C16H18CrO5. The minimum Gasteiger partial charge on any atom is 0 e. The number of aryl methyl sites for hydroxylation is 1. The standard InChI is InChI=1S/C13H18O2.3CO.Cr/c1-9-4-5-10-7-12(14-2)13(15-3)8-11(10)6-9;3*1-2;/h7-9H,4-6H2,1-3H3;;;;/t9-;;;;/m0..../s1. The normalized spacial score (nSPS) is 13.6. The van der Waals surface area contributed by atoms with E-state index in [-0.39, 0.29) is 17.4 Å². The van der Waals surface area contributed by atoms with Crippen LogP contribution in [0, 0.1) is 25.9 Å². The van der Waals surface area contributed by atoms with Gasteiger partial charge in [-0.3, -0.25) is 0 Å². The molecule has 22 heavy (non-hydrogen) atoms. The summed E-state index contributed by atoms with van der Waals surface area (Å²) in [5.74, 6) is 2.49. The molecule has 1 aromatic rings. The fourth-order valence-electron chi connectivity index (χ4n) is 2.27. The Hall–Kier alpha value is -1.43. The molecule has 0 saturated carbocycles. The Morgan fingerprint density at radius 1 is 0.909 bits per heavy atom. The summed E-state index contributed by atoms with van der Waals surface area (Å²) in [5.41, 5.74) is 2.84. The quantitative estimate of drug-likeness (QED) is 0.612. The summed E-state index contributed by atoms with van der Waals surface area (Å²) in [6, 6.07) is 4.25. The predicted octanol–water partition coefficient (Wildman–Crippen LogP) is 2.71. The van der Waals surface area contributed by atoms with Crippen molar-refractivity contribution in [1.29, 1.82) is 0 Å². The van der Waals surface area contributed by atoms with Gasteiger partial charge in [0.15, 0.2) is 11.5 Å². The monoisotopic (exact) mass is 342 g/mol. The van der Waals surface area contributed by atoms with Gasteiger partial charge in [-0.25, -0.2) is 0 Å². The minimum absolute atomic E-state index is 0. The van der Waals surface area contributed by atoms with Crippen LogP contribution in [-0.2, 0) is 44.2 Å². The van der Waals surface area contributed by atoms with Gasteiger partial charge in [0, 0.05) is 17.4 Å². The van der Waals surface area contributed by atoms with Gasteiger partial charge in [-0.15, -0.1) is 0 Å². The summed E-state index contributed by atoms with van der Waals surface area (Å²) in [5, 5.41) is 0. The van der Waals surface area contributed by atoms with Crippen LogP contribution in [0.4, 0.5) is 0 Å².